The Morgan fingerprint density at radius 2 is 1.66 bits per heavy atom. The second kappa shape index (κ2) is 8.32. The highest BCUT2D eigenvalue weighted by molar-refractivity contribution is 7.90. The zero-order valence-electron chi connectivity index (χ0n) is 17.5. The van der Waals surface area contributed by atoms with Crippen LogP contribution in [-0.4, -0.2) is 19.2 Å². The van der Waals surface area contributed by atoms with Gasteiger partial charge < -0.3 is 0 Å². The van der Waals surface area contributed by atoms with E-state index in [9.17, 15) is 13.2 Å². The molecule has 1 heterocycles. The number of nitrogens with zero attached hydrogens (tertiary/aromatic N) is 1. The first-order valence-electron chi connectivity index (χ1n) is 10.7. The molecule has 0 unspecified atom stereocenters. The molecule has 0 spiro atoms. The van der Waals surface area contributed by atoms with E-state index < -0.39 is 9.84 Å². The van der Waals surface area contributed by atoms with Gasteiger partial charge in [-0.1, -0.05) is 60.7 Å². The molecule has 3 aromatic carbocycles. The first kappa shape index (κ1) is 20.6. The van der Waals surface area contributed by atoms with Crippen molar-refractivity contribution in [3.63, 3.8) is 0 Å². The lowest BCUT2D eigenvalue weighted by Gasteiger charge is -2.07. The Morgan fingerprint density at radius 1 is 0.875 bits per heavy atom. The van der Waals surface area contributed by atoms with Gasteiger partial charge in [0.25, 0.3) is 0 Å². The van der Waals surface area contributed by atoms with E-state index in [1.165, 1.54) is 0 Å². The highest BCUT2D eigenvalue weighted by Crippen LogP contribution is 2.48. The Labute approximate surface area is 187 Å². The predicted molar refractivity (Wildman–Crippen MR) is 125 cm³/mol. The van der Waals surface area contributed by atoms with Crippen molar-refractivity contribution in [2.24, 2.45) is 5.92 Å². The van der Waals surface area contributed by atoms with Crippen LogP contribution >= 0.6 is 0 Å². The van der Waals surface area contributed by atoms with Crippen LogP contribution in [-0.2, 0) is 26.8 Å². The number of carbonyl (C=O) groups is 1. The molecule has 4 aromatic rings. The molecular weight excluding hydrogens is 418 g/mol. The monoisotopic (exact) mass is 441 g/mol. The third-order valence-electron chi connectivity index (χ3n) is 6.15. The number of sulfone groups is 1. The lowest BCUT2D eigenvalue weighted by molar-refractivity contribution is -0.119. The molecule has 1 aliphatic rings. The van der Waals surface area contributed by atoms with Crippen molar-refractivity contribution in [1.82, 2.24) is 4.98 Å². The molecule has 5 heteroatoms. The smallest absolute Gasteiger partial charge is 0.182 e. The van der Waals surface area contributed by atoms with Crippen LogP contribution in [0.1, 0.15) is 29.0 Å². The number of rotatable bonds is 7. The van der Waals surface area contributed by atoms with E-state index in [1.807, 2.05) is 66.9 Å². The predicted octanol–water partition coefficient (Wildman–Crippen LogP) is 5.12. The lowest BCUT2D eigenvalue weighted by Crippen LogP contribution is -2.07. The number of ketones is 1. The van der Waals surface area contributed by atoms with Gasteiger partial charge >= 0.3 is 0 Å². The molecule has 1 aliphatic carbocycles. The summed E-state index contributed by atoms with van der Waals surface area (Å²) in [6.45, 7) is 0. The average molecular weight is 442 g/mol. The SMILES string of the molecule is O=C(Cc1ccc2cnccc2c1)[C@@H]1C[C@H]1c1ccc(S(=O)(=O)Cc2ccccc2)cc1. The summed E-state index contributed by atoms with van der Waals surface area (Å²) in [5.74, 6) is 0.414. The van der Waals surface area contributed by atoms with E-state index >= 15 is 0 Å². The molecule has 2 atom stereocenters. The summed E-state index contributed by atoms with van der Waals surface area (Å²) in [5, 5.41) is 2.15. The van der Waals surface area contributed by atoms with Crippen LogP contribution in [0.5, 0.6) is 0 Å². The van der Waals surface area contributed by atoms with Crippen LogP contribution in [0.3, 0.4) is 0 Å². The van der Waals surface area contributed by atoms with Crippen molar-refractivity contribution in [3.8, 4) is 0 Å². The molecule has 32 heavy (non-hydrogen) atoms. The Hall–Kier alpha value is -3.31. The van der Waals surface area contributed by atoms with Crippen LogP contribution in [0.4, 0.5) is 0 Å². The second-order valence-corrected chi connectivity index (χ2v) is 10.5. The number of fused-ring (bicyclic) bond motifs is 1. The van der Waals surface area contributed by atoms with Crippen LogP contribution in [0.2, 0.25) is 0 Å². The zero-order chi connectivity index (χ0) is 22.1. The van der Waals surface area contributed by atoms with Crippen molar-refractivity contribution in [3.05, 3.63) is 108 Å². The van der Waals surface area contributed by atoms with Gasteiger partial charge in [-0.25, -0.2) is 8.42 Å². The summed E-state index contributed by atoms with van der Waals surface area (Å²) in [5.41, 5.74) is 2.82. The minimum atomic E-state index is -3.40. The maximum absolute atomic E-state index is 12.8. The molecule has 0 amide bonds. The first-order valence-corrected chi connectivity index (χ1v) is 12.4. The number of aromatic nitrogens is 1. The fourth-order valence-corrected chi connectivity index (χ4v) is 5.64. The molecule has 4 nitrogen and oxygen atoms in total. The fourth-order valence-electron chi connectivity index (χ4n) is 4.29. The lowest BCUT2D eigenvalue weighted by atomic mass is 10.0. The molecule has 0 aliphatic heterocycles. The summed E-state index contributed by atoms with van der Waals surface area (Å²) in [6, 6.07) is 24.3. The first-order chi connectivity index (χ1) is 15.5. The van der Waals surface area contributed by atoms with E-state index in [-0.39, 0.29) is 23.4 Å². The van der Waals surface area contributed by atoms with Gasteiger partial charge in [-0.05, 0) is 52.6 Å². The average Bonchev–Trinajstić information content (AvgIpc) is 3.61. The van der Waals surface area contributed by atoms with Crippen LogP contribution in [0, 0.1) is 5.92 Å². The van der Waals surface area contributed by atoms with Gasteiger partial charge in [-0.15, -0.1) is 0 Å². The van der Waals surface area contributed by atoms with Gasteiger partial charge in [0.1, 0.15) is 5.78 Å². The Kier molecular flexibility index (Phi) is 5.35. The Bertz CT molecular complexity index is 1380. The summed E-state index contributed by atoms with van der Waals surface area (Å²) in [7, 11) is -3.40. The largest absolute Gasteiger partial charge is 0.299 e. The molecule has 0 bridgehead atoms. The number of Topliss-reactive ketones (excluding diaryl/α,β-unsaturated/α-hetero) is 1. The molecule has 0 radical (unpaired) electrons. The quantitative estimate of drug-likeness (QED) is 0.399. The number of carbonyl (C=O) groups excluding carboxylic acids is 1. The van der Waals surface area contributed by atoms with Gasteiger partial charge in [0, 0.05) is 30.1 Å². The van der Waals surface area contributed by atoms with Crippen molar-refractivity contribution in [2.75, 3.05) is 0 Å². The van der Waals surface area contributed by atoms with Crippen LogP contribution < -0.4 is 0 Å². The molecule has 1 aromatic heterocycles. The molecule has 0 saturated heterocycles. The van der Waals surface area contributed by atoms with Gasteiger partial charge in [0.2, 0.25) is 0 Å². The third kappa shape index (κ3) is 4.34. The van der Waals surface area contributed by atoms with E-state index in [0.29, 0.717) is 11.3 Å². The molecule has 1 fully saturated rings. The van der Waals surface area contributed by atoms with E-state index in [0.717, 1.165) is 33.9 Å². The van der Waals surface area contributed by atoms with Crippen molar-refractivity contribution in [1.29, 1.82) is 0 Å². The normalized spacial score (nSPS) is 17.9. The summed E-state index contributed by atoms with van der Waals surface area (Å²) < 4.78 is 25.4. The zero-order valence-corrected chi connectivity index (χ0v) is 18.3. The van der Waals surface area contributed by atoms with Gasteiger partial charge in [0.15, 0.2) is 9.84 Å². The van der Waals surface area contributed by atoms with E-state index in [1.54, 1.807) is 18.3 Å². The fraction of sp³-hybridized carbons (Fsp3) is 0.185. The molecule has 160 valence electrons. The molecule has 1 saturated carbocycles. The highest BCUT2D eigenvalue weighted by Gasteiger charge is 2.43. The van der Waals surface area contributed by atoms with Crippen molar-refractivity contribution in [2.45, 2.75) is 29.4 Å². The van der Waals surface area contributed by atoms with Crippen LogP contribution in [0.15, 0.2) is 96.2 Å². The van der Waals surface area contributed by atoms with Gasteiger partial charge in [0.05, 0.1) is 10.6 Å². The standard InChI is InChI=1S/C27H23NO3S/c29-27(15-20-6-7-23-17-28-13-12-22(23)14-20)26-16-25(26)21-8-10-24(11-9-21)32(30,31)18-19-4-2-1-3-5-19/h1-14,17,25-26H,15-16,18H2/t25-,26+/m0/s1. The summed E-state index contributed by atoms with van der Waals surface area (Å²) in [4.78, 5) is 17.3. The van der Waals surface area contributed by atoms with Gasteiger partial charge in [-0.3, -0.25) is 9.78 Å². The highest BCUT2D eigenvalue weighted by atomic mass is 32.2. The summed E-state index contributed by atoms with van der Waals surface area (Å²) >= 11 is 0. The molecule has 5 rings (SSSR count). The molecular formula is C27H23NO3S. The van der Waals surface area contributed by atoms with E-state index in [2.05, 4.69) is 11.1 Å². The van der Waals surface area contributed by atoms with E-state index in [4.69, 9.17) is 0 Å². The number of benzene rings is 3. The molecule has 0 N–H and O–H groups in total. The number of hydrogen-bond donors (Lipinski definition) is 0. The topological polar surface area (TPSA) is 64.1 Å². The van der Waals surface area contributed by atoms with Crippen molar-refractivity contribution < 1.29 is 13.2 Å². The third-order valence-corrected chi connectivity index (χ3v) is 7.86. The Morgan fingerprint density at radius 3 is 2.44 bits per heavy atom. The van der Waals surface area contributed by atoms with Crippen molar-refractivity contribution >= 4 is 26.4 Å². The van der Waals surface area contributed by atoms with Crippen LogP contribution in [0.25, 0.3) is 10.8 Å². The number of pyridine rings is 1. The van der Waals surface area contributed by atoms with Gasteiger partial charge in [-0.2, -0.15) is 0 Å². The second-order valence-electron chi connectivity index (χ2n) is 8.46. The number of hydrogen-bond acceptors (Lipinski definition) is 4. The maximum Gasteiger partial charge on any atom is 0.182 e. The summed E-state index contributed by atoms with van der Waals surface area (Å²) in [6.07, 6.45) is 4.82. The minimum Gasteiger partial charge on any atom is -0.299 e. The Balaban J connectivity index is 1.24. The minimum absolute atomic E-state index is 0.00918. The maximum atomic E-state index is 12.8.